The van der Waals surface area contributed by atoms with E-state index in [1.165, 1.54) is 0 Å². The SMILES string of the molecule is Cc1nc(CCNC(=O)C(C)Br)no1. The Hall–Kier alpha value is -0.910. The van der Waals surface area contributed by atoms with Crippen LogP contribution in [0, 0.1) is 6.92 Å². The lowest BCUT2D eigenvalue weighted by atomic mass is 10.4. The lowest BCUT2D eigenvalue weighted by molar-refractivity contribution is -0.120. The summed E-state index contributed by atoms with van der Waals surface area (Å²) in [4.78, 5) is 15.0. The highest BCUT2D eigenvalue weighted by Gasteiger charge is 2.08. The van der Waals surface area contributed by atoms with Crippen molar-refractivity contribution in [3.05, 3.63) is 11.7 Å². The molecule has 0 aliphatic carbocycles. The molecular formula is C8H12BrN3O2. The van der Waals surface area contributed by atoms with Crippen molar-refractivity contribution in [1.82, 2.24) is 15.5 Å². The molecule has 0 fully saturated rings. The first-order valence-corrected chi connectivity index (χ1v) is 5.22. The van der Waals surface area contributed by atoms with Crippen molar-refractivity contribution in [3.8, 4) is 0 Å². The molecule has 1 atom stereocenters. The summed E-state index contributed by atoms with van der Waals surface area (Å²) in [7, 11) is 0. The molecule has 6 heteroatoms. The average Bonchev–Trinajstić information content (AvgIpc) is 2.51. The van der Waals surface area contributed by atoms with E-state index in [0.29, 0.717) is 24.7 Å². The van der Waals surface area contributed by atoms with Gasteiger partial charge in [0.2, 0.25) is 11.8 Å². The van der Waals surface area contributed by atoms with Gasteiger partial charge in [-0.15, -0.1) is 0 Å². The second-order valence-corrected chi connectivity index (χ2v) is 4.26. The molecule has 0 aliphatic heterocycles. The molecule has 1 heterocycles. The van der Waals surface area contributed by atoms with Crippen molar-refractivity contribution < 1.29 is 9.32 Å². The highest BCUT2D eigenvalue weighted by atomic mass is 79.9. The van der Waals surface area contributed by atoms with Crippen LogP contribution in [0.2, 0.25) is 0 Å². The van der Waals surface area contributed by atoms with Gasteiger partial charge >= 0.3 is 0 Å². The van der Waals surface area contributed by atoms with E-state index in [2.05, 4.69) is 31.4 Å². The number of carbonyl (C=O) groups excluding carboxylic acids is 1. The fourth-order valence-corrected chi connectivity index (χ4v) is 1.04. The van der Waals surface area contributed by atoms with E-state index >= 15 is 0 Å². The first kappa shape index (κ1) is 11.2. The molecule has 0 bridgehead atoms. The molecule has 1 rings (SSSR count). The maximum atomic E-state index is 11.1. The normalized spacial score (nSPS) is 12.5. The number of hydrogen-bond donors (Lipinski definition) is 1. The molecule has 5 nitrogen and oxygen atoms in total. The summed E-state index contributed by atoms with van der Waals surface area (Å²) >= 11 is 3.17. The van der Waals surface area contributed by atoms with E-state index in [1.54, 1.807) is 13.8 Å². The molecule has 1 aromatic heterocycles. The number of rotatable bonds is 4. The number of hydrogen-bond acceptors (Lipinski definition) is 4. The third kappa shape index (κ3) is 3.45. The number of nitrogens with zero attached hydrogens (tertiary/aromatic N) is 2. The second kappa shape index (κ2) is 5.09. The molecule has 0 spiro atoms. The van der Waals surface area contributed by atoms with Crippen LogP contribution in [0.3, 0.4) is 0 Å². The van der Waals surface area contributed by atoms with Crippen molar-refractivity contribution in [1.29, 1.82) is 0 Å². The predicted molar refractivity (Wildman–Crippen MR) is 54.1 cm³/mol. The Morgan fingerprint density at radius 3 is 2.93 bits per heavy atom. The van der Waals surface area contributed by atoms with Crippen molar-refractivity contribution in [3.63, 3.8) is 0 Å². The maximum absolute atomic E-state index is 11.1. The minimum atomic E-state index is -0.172. The minimum Gasteiger partial charge on any atom is -0.355 e. The topological polar surface area (TPSA) is 68.0 Å². The summed E-state index contributed by atoms with van der Waals surface area (Å²) in [5, 5.41) is 6.44. The highest BCUT2D eigenvalue weighted by Crippen LogP contribution is 1.97. The Balaban J connectivity index is 2.25. The van der Waals surface area contributed by atoms with Crippen molar-refractivity contribution in [2.24, 2.45) is 0 Å². The van der Waals surface area contributed by atoms with Gasteiger partial charge in [-0.05, 0) is 6.92 Å². The van der Waals surface area contributed by atoms with Crippen LogP contribution in [0.5, 0.6) is 0 Å². The second-order valence-electron chi connectivity index (χ2n) is 2.89. The lowest BCUT2D eigenvalue weighted by Crippen LogP contribution is -2.31. The molecular weight excluding hydrogens is 250 g/mol. The Bertz CT molecular complexity index is 311. The Labute approximate surface area is 90.4 Å². The van der Waals surface area contributed by atoms with Gasteiger partial charge in [-0.25, -0.2) is 0 Å². The van der Waals surface area contributed by atoms with Gasteiger partial charge in [0.05, 0.1) is 4.83 Å². The van der Waals surface area contributed by atoms with Crippen LogP contribution in [0.1, 0.15) is 18.6 Å². The van der Waals surface area contributed by atoms with Crippen molar-refractivity contribution in [2.75, 3.05) is 6.54 Å². The van der Waals surface area contributed by atoms with Gasteiger partial charge in [0.1, 0.15) is 0 Å². The monoisotopic (exact) mass is 261 g/mol. The van der Waals surface area contributed by atoms with Gasteiger partial charge in [0, 0.05) is 19.9 Å². The fraction of sp³-hybridized carbons (Fsp3) is 0.625. The van der Waals surface area contributed by atoms with Crippen LogP contribution >= 0.6 is 15.9 Å². The van der Waals surface area contributed by atoms with Gasteiger partial charge in [-0.3, -0.25) is 4.79 Å². The average molecular weight is 262 g/mol. The summed E-state index contributed by atoms with van der Waals surface area (Å²) in [5.74, 6) is 1.12. The first-order chi connectivity index (χ1) is 6.59. The number of amides is 1. The van der Waals surface area contributed by atoms with E-state index in [1.807, 2.05) is 0 Å². The minimum absolute atomic E-state index is 0.0368. The molecule has 0 saturated carbocycles. The van der Waals surface area contributed by atoms with Crippen molar-refractivity contribution >= 4 is 21.8 Å². The first-order valence-electron chi connectivity index (χ1n) is 4.30. The number of nitrogens with one attached hydrogen (secondary N) is 1. The van der Waals surface area contributed by atoms with E-state index < -0.39 is 0 Å². The third-order valence-electron chi connectivity index (χ3n) is 1.58. The smallest absolute Gasteiger partial charge is 0.233 e. The Kier molecular flexibility index (Phi) is 4.06. The zero-order valence-corrected chi connectivity index (χ0v) is 9.67. The molecule has 0 aromatic carbocycles. The maximum Gasteiger partial charge on any atom is 0.233 e. The number of carbonyl (C=O) groups is 1. The molecule has 1 unspecified atom stereocenters. The molecule has 0 radical (unpaired) electrons. The number of aryl methyl sites for hydroxylation is 1. The van der Waals surface area contributed by atoms with E-state index in [0.717, 1.165) is 0 Å². The molecule has 0 saturated heterocycles. The van der Waals surface area contributed by atoms with Crippen LogP contribution in [0.25, 0.3) is 0 Å². The zero-order valence-electron chi connectivity index (χ0n) is 8.08. The van der Waals surface area contributed by atoms with Crippen LogP contribution in [0.15, 0.2) is 4.52 Å². The van der Waals surface area contributed by atoms with Gasteiger partial charge < -0.3 is 9.84 Å². The van der Waals surface area contributed by atoms with Crippen LogP contribution in [0.4, 0.5) is 0 Å². The molecule has 1 amide bonds. The standard InChI is InChI=1S/C8H12BrN3O2/c1-5(9)8(13)10-4-3-7-11-6(2)14-12-7/h5H,3-4H2,1-2H3,(H,10,13). The lowest BCUT2D eigenvalue weighted by Gasteiger charge is -2.03. The summed E-state index contributed by atoms with van der Waals surface area (Å²) in [5.41, 5.74) is 0. The fourth-order valence-electron chi connectivity index (χ4n) is 0.881. The zero-order chi connectivity index (χ0) is 10.6. The number of aromatic nitrogens is 2. The molecule has 1 aromatic rings. The largest absolute Gasteiger partial charge is 0.355 e. The Morgan fingerprint density at radius 2 is 2.43 bits per heavy atom. The quantitative estimate of drug-likeness (QED) is 0.816. The van der Waals surface area contributed by atoms with Crippen LogP contribution < -0.4 is 5.32 Å². The van der Waals surface area contributed by atoms with Gasteiger partial charge in [-0.2, -0.15) is 4.98 Å². The van der Waals surface area contributed by atoms with Crippen LogP contribution in [-0.4, -0.2) is 27.4 Å². The van der Waals surface area contributed by atoms with E-state index in [4.69, 9.17) is 4.52 Å². The van der Waals surface area contributed by atoms with Gasteiger partial charge in [-0.1, -0.05) is 21.1 Å². The highest BCUT2D eigenvalue weighted by molar-refractivity contribution is 9.10. The number of alkyl halides is 1. The van der Waals surface area contributed by atoms with E-state index in [9.17, 15) is 4.79 Å². The molecule has 0 aliphatic rings. The molecule has 78 valence electrons. The van der Waals surface area contributed by atoms with Gasteiger partial charge in [0.15, 0.2) is 5.82 Å². The van der Waals surface area contributed by atoms with Crippen molar-refractivity contribution in [2.45, 2.75) is 25.1 Å². The van der Waals surface area contributed by atoms with Crippen LogP contribution in [-0.2, 0) is 11.2 Å². The number of halogens is 1. The summed E-state index contributed by atoms with van der Waals surface area (Å²) in [6.07, 6.45) is 0.586. The van der Waals surface area contributed by atoms with Gasteiger partial charge in [0.25, 0.3) is 0 Å². The molecule has 1 N–H and O–H groups in total. The summed E-state index contributed by atoms with van der Waals surface area (Å²) < 4.78 is 4.79. The third-order valence-corrected chi connectivity index (χ3v) is 1.99. The predicted octanol–water partition coefficient (Wildman–Crippen LogP) is 0.820. The Morgan fingerprint density at radius 1 is 1.71 bits per heavy atom. The molecule has 14 heavy (non-hydrogen) atoms. The summed E-state index contributed by atoms with van der Waals surface area (Å²) in [6, 6.07) is 0. The summed E-state index contributed by atoms with van der Waals surface area (Å²) in [6.45, 7) is 4.03. The van der Waals surface area contributed by atoms with E-state index in [-0.39, 0.29) is 10.7 Å².